The van der Waals surface area contributed by atoms with Gasteiger partial charge in [0, 0.05) is 12.3 Å². The van der Waals surface area contributed by atoms with Crippen LogP contribution in [0.5, 0.6) is 0 Å². The fourth-order valence-corrected chi connectivity index (χ4v) is 2.78. The molecule has 0 saturated heterocycles. The standard InChI is InChI=1S/C15H28O2/c1-5-6-11-14(16)17-13-10-8-7-9-12(13)15(2,3)4/h12-13H,5-11H2,1-4H3/t12-,13+/m0/s1. The molecule has 0 aromatic carbocycles. The van der Waals surface area contributed by atoms with Crippen molar-refractivity contribution in [3.8, 4) is 0 Å². The van der Waals surface area contributed by atoms with Crippen molar-refractivity contribution in [2.75, 3.05) is 0 Å². The van der Waals surface area contributed by atoms with Gasteiger partial charge >= 0.3 is 5.97 Å². The molecule has 0 unspecified atom stereocenters. The first-order valence-electron chi connectivity index (χ1n) is 7.14. The maximum Gasteiger partial charge on any atom is 0.306 e. The van der Waals surface area contributed by atoms with Gasteiger partial charge in [0.2, 0.25) is 0 Å². The van der Waals surface area contributed by atoms with Crippen LogP contribution in [0.15, 0.2) is 0 Å². The van der Waals surface area contributed by atoms with Gasteiger partial charge in [0.25, 0.3) is 0 Å². The fraction of sp³-hybridized carbons (Fsp3) is 0.933. The van der Waals surface area contributed by atoms with Crippen molar-refractivity contribution in [2.45, 2.75) is 78.7 Å². The highest BCUT2D eigenvalue weighted by Crippen LogP contribution is 2.39. The van der Waals surface area contributed by atoms with Gasteiger partial charge in [-0.3, -0.25) is 4.79 Å². The van der Waals surface area contributed by atoms with Gasteiger partial charge < -0.3 is 4.74 Å². The van der Waals surface area contributed by atoms with Crippen LogP contribution in [0.25, 0.3) is 0 Å². The Hall–Kier alpha value is -0.530. The van der Waals surface area contributed by atoms with Gasteiger partial charge in [0.05, 0.1) is 0 Å². The highest BCUT2D eigenvalue weighted by molar-refractivity contribution is 5.69. The second-order valence-electron chi connectivity index (χ2n) is 6.39. The lowest BCUT2D eigenvalue weighted by atomic mass is 9.70. The topological polar surface area (TPSA) is 26.3 Å². The van der Waals surface area contributed by atoms with E-state index in [1.165, 1.54) is 19.3 Å². The SMILES string of the molecule is CCCCC(=O)O[C@@H]1CCCC[C@@H]1C(C)(C)C. The van der Waals surface area contributed by atoms with Crippen molar-refractivity contribution in [1.82, 2.24) is 0 Å². The average Bonchev–Trinajstić information content (AvgIpc) is 2.25. The monoisotopic (exact) mass is 240 g/mol. The number of hydrogen-bond donors (Lipinski definition) is 0. The Labute approximate surface area is 106 Å². The minimum Gasteiger partial charge on any atom is -0.462 e. The second-order valence-corrected chi connectivity index (χ2v) is 6.39. The van der Waals surface area contributed by atoms with Gasteiger partial charge in [-0.25, -0.2) is 0 Å². The summed E-state index contributed by atoms with van der Waals surface area (Å²) in [5.41, 5.74) is 0.246. The predicted octanol–water partition coefficient (Wildman–Crippen LogP) is 4.32. The summed E-state index contributed by atoms with van der Waals surface area (Å²) in [6.45, 7) is 8.88. The molecule has 0 heterocycles. The molecule has 1 fully saturated rings. The van der Waals surface area contributed by atoms with E-state index in [-0.39, 0.29) is 17.5 Å². The molecule has 1 saturated carbocycles. The lowest BCUT2D eigenvalue weighted by Gasteiger charge is -2.39. The Morgan fingerprint density at radius 3 is 2.47 bits per heavy atom. The molecule has 0 aliphatic heterocycles. The minimum absolute atomic E-state index is 0.00741. The molecule has 2 nitrogen and oxygen atoms in total. The third kappa shape index (κ3) is 4.69. The van der Waals surface area contributed by atoms with Crippen LogP contribution in [0.4, 0.5) is 0 Å². The summed E-state index contributed by atoms with van der Waals surface area (Å²) in [5, 5.41) is 0. The molecule has 1 rings (SSSR count). The lowest BCUT2D eigenvalue weighted by molar-refractivity contribution is -0.156. The summed E-state index contributed by atoms with van der Waals surface area (Å²) in [5.74, 6) is 0.537. The van der Waals surface area contributed by atoms with E-state index in [1.807, 2.05) is 0 Å². The molecule has 100 valence electrons. The van der Waals surface area contributed by atoms with Crippen LogP contribution in [0.1, 0.15) is 72.6 Å². The molecule has 1 aliphatic carbocycles. The summed E-state index contributed by atoms with van der Waals surface area (Å²) < 4.78 is 5.69. The number of carbonyl (C=O) groups is 1. The van der Waals surface area contributed by atoms with Gasteiger partial charge in [-0.15, -0.1) is 0 Å². The first-order valence-corrected chi connectivity index (χ1v) is 7.14. The molecule has 0 spiro atoms. The van der Waals surface area contributed by atoms with Gasteiger partial charge in [0.1, 0.15) is 6.10 Å². The molecule has 0 amide bonds. The van der Waals surface area contributed by atoms with Gasteiger partial charge in [-0.05, 0) is 31.1 Å². The Balaban J connectivity index is 2.51. The van der Waals surface area contributed by atoms with Crippen LogP contribution >= 0.6 is 0 Å². The molecule has 0 radical (unpaired) electrons. The number of rotatable bonds is 4. The van der Waals surface area contributed by atoms with Crippen molar-refractivity contribution in [1.29, 1.82) is 0 Å². The zero-order chi connectivity index (χ0) is 12.9. The largest absolute Gasteiger partial charge is 0.462 e. The molecular formula is C15H28O2. The minimum atomic E-state index is 0.00741. The molecular weight excluding hydrogens is 212 g/mol. The van der Waals surface area contributed by atoms with Crippen molar-refractivity contribution in [3.63, 3.8) is 0 Å². The number of carbonyl (C=O) groups excluding carboxylic acids is 1. The molecule has 0 aromatic rings. The van der Waals surface area contributed by atoms with Crippen LogP contribution < -0.4 is 0 Å². The number of esters is 1. The van der Waals surface area contributed by atoms with Gasteiger partial charge in [-0.1, -0.05) is 40.5 Å². The Bertz CT molecular complexity index is 240. The maximum absolute atomic E-state index is 11.7. The summed E-state index contributed by atoms with van der Waals surface area (Å²) in [6, 6.07) is 0. The van der Waals surface area contributed by atoms with Crippen LogP contribution in [0, 0.1) is 11.3 Å². The fourth-order valence-electron chi connectivity index (χ4n) is 2.78. The Kier molecular flexibility index (Phi) is 5.48. The highest BCUT2D eigenvalue weighted by atomic mass is 16.5. The van der Waals surface area contributed by atoms with Crippen LogP contribution in [-0.4, -0.2) is 12.1 Å². The van der Waals surface area contributed by atoms with Gasteiger partial charge in [0.15, 0.2) is 0 Å². The smallest absolute Gasteiger partial charge is 0.306 e. The molecule has 0 bridgehead atoms. The van der Waals surface area contributed by atoms with E-state index in [0.29, 0.717) is 12.3 Å². The molecule has 2 heteroatoms. The zero-order valence-electron chi connectivity index (χ0n) is 11.9. The maximum atomic E-state index is 11.7. The van der Waals surface area contributed by atoms with Gasteiger partial charge in [-0.2, -0.15) is 0 Å². The van der Waals surface area contributed by atoms with Crippen molar-refractivity contribution in [3.05, 3.63) is 0 Å². The van der Waals surface area contributed by atoms with E-state index in [9.17, 15) is 4.79 Å². The summed E-state index contributed by atoms with van der Waals surface area (Å²) >= 11 is 0. The molecule has 2 atom stereocenters. The number of unbranched alkanes of at least 4 members (excludes halogenated alkanes) is 1. The number of ether oxygens (including phenoxy) is 1. The quantitative estimate of drug-likeness (QED) is 0.684. The normalized spacial score (nSPS) is 25.6. The van der Waals surface area contributed by atoms with E-state index >= 15 is 0 Å². The van der Waals surface area contributed by atoms with Crippen molar-refractivity contribution < 1.29 is 9.53 Å². The summed E-state index contributed by atoms with van der Waals surface area (Å²) in [7, 11) is 0. The first-order chi connectivity index (χ1) is 7.95. The van der Waals surface area contributed by atoms with E-state index in [0.717, 1.165) is 19.3 Å². The van der Waals surface area contributed by atoms with Crippen LogP contribution in [-0.2, 0) is 9.53 Å². The highest BCUT2D eigenvalue weighted by Gasteiger charge is 2.36. The Morgan fingerprint density at radius 2 is 1.88 bits per heavy atom. The molecule has 0 aromatic heterocycles. The summed E-state index contributed by atoms with van der Waals surface area (Å²) in [4.78, 5) is 11.7. The van der Waals surface area contributed by atoms with Crippen molar-refractivity contribution >= 4 is 5.97 Å². The van der Waals surface area contributed by atoms with Crippen LogP contribution in [0.3, 0.4) is 0 Å². The first kappa shape index (κ1) is 14.5. The van der Waals surface area contributed by atoms with E-state index in [2.05, 4.69) is 27.7 Å². The molecule has 1 aliphatic rings. The van der Waals surface area contributed by atoms with Crippen molar-refractivity contribution in [2.24, 2.45) is 11.3 Å². The van der Waals surface area contributed by atoms with E-state index in [1.54, 1.807) is 0 Å². The molecule has 0 N–H and O–H groups in total. The average molecular weight is 240 g/mol. The molecule has 17 heavy (non-hydrogen) atoms. The Morgan fingerprint density at radius 1 is 1.24 bits per heavy atom. The predicted molar refractivity (Wildman–Crippen MR) is 70.8 cm³/mol. The van der Waals surface area contributed by atoms with Crippen LogP contribution in [0.2, 0.25) is 0 Å². The van der Waals surface area contributed by atoms with E-state index < -0.39 is 0 Å². The number of hydrogen-bond acceptors (Lipinski definition) is 2. The third-order valence-electron chi connectivity index (χ3n) is 3.83. The second kappa shape index (κ2) is 6.42. The summed E-state index contributed by atoms with van der Waals surface area (Å²) in [6.07, 6.45) is 7.50. The van der Waals surface area contributed by atoms with E-state index in [4.69, 9.17) is 4.74 Å². The zero-order valence-corrected chi connectivity index (χ0v) is 11.9. The lowest BCUT2D eigenvalue weighted by Crippen LogP contribution is -2.38. The third-order valence-corrected chi connectivity index (χ3v) is 3.83.